The van der Waals surface area contributed by atoms with E-state index in [-0.39, 0.29) is 22.6 Å². The van der Waals surface area contributed by atoms with Gasteiger partial charge in [-0.25, -0.2) is 9.38 Å². The molecule has 38 heavy (non-hydrogen) atoms. The zero-order valence-electron chi connectivity index (χ0n) is 19.7. The van der Waals surface area contributed by atoms with E-state index in [0.717, 1.165) is 40.7 Å². The van der Waals surface area contributed by atoms with Gasteiger partial charge in [0.2, 0.25) is 0 Å². The number of amides is 1. The van der Waals surface area contributed by atoms with Gasteiger partial charge in [0.1, 0.15) is 5.82 Å². The van der Waals surface area contributed by atoms with Crippen LogP contribution in [0.1, 0.15) is 11.1 Å². The summed E-state index contributed by atoms with van der Waals surface area (Å²) in [4.78, 5) is 19.0. The number of rotatable bonds is 7. The standard InChI is InChI=1S/C25H20F4N4O3S2/c1-33(21-12-6-18(26)7-13-21)15-17-4-2-16(3-5-17)14-22-23(34)31-24(37-22)30-19-8-10-20(11-9-19)32-38(35,36)25(27,28)29/h2-14,32H,15H2,1H3,(H,30,31,34). The summed E-state index contributed by atoms with van der Waals surface area (Å²) in [5.41, 5.74) is -2.72. The van der Waals surface area contributed by atoms with Crippen molar-refractivity contribution in [2.24, 2.45) is 4.99 Å². The van der Waals surface area contributed by atoms with Crippen molar-refractivity contribution in [3.05, 3.63) is 94.6 Å². The van der Waals surface area contributed by atoms with Crippen molar-refractivity contribution in [1.29, 1.82) is 0 Å². The molecule has 0 radical (unpaired) electrons. The largest absolute Gasteiger partial charge is 0.516 e. The summed E-state index contributed by atoms with van der Waals surface area (Å²) in [7, 11) is -3.62. The SMILES string of the molecule is CN(Cc1ccc(C=C2SC(=Nc3ccc(NS(=O)(=O)C(F)(F)F)cc3)NC2=O)cc1)c1ccc(F)cc1. The topological polar surface area (TPSA) is 90.9 Å². The highest BCUT2D eigenvalue weighted by Gasteiger charge is 2.46. The third kappa shape index (κ3) is 6.72. The maximum Gasteiger partial charge on any atom is 0.516 e. The number of nitrogens with one attached hydrogen (secondary N) is 2. The molecule has 3 aromatic carbocycles. The van der Waals surface area contributed by atoms with E-state index in [9.17, 15) is 30.8 Å². The molecule has 0 atom stereocenters. The Bertz CT molecular complexity index is 1490. The van der Waals surface area contributed by atoms with Crippen LogP contribution in [0.25, 0.3) is 6.08 Å². The third-order valence-corrected chi connectivity index (χ3v) is 7.29. The van der Waals surface area contributed by atoms with E-state index in [2.05, 4.69) is 10.3 Å². The summed E-state index contributed by atoms with van der Waals surface area (Å²) in [5, 5.41) is 2.88. The Balaban J connectivity index is 1.39. The minimum Gasteiger partial charge on any atom is -0.370 e. The predicted octanol–water partition coefficient (Wildman–Crippen LogP) is 5.62. The lowest BCUT2D eigenvalue weighted by molar-refractivity contribution is -0.115. The first-order chi connectivity index (χ1) is 17.9. The molecular weight excluding hydrogens is 544 g/mol. The fourth-order valence-electron chi connectivity index (χ4n) is 3.35. The molecule has 0 saturated carbocycles. The average molecular weight is 565 g/mol. The number of thioether (sulfide) groups is 1. The van der Waals surface area contributed by atoms with Gasteiger partial charge in [0.25, 0.3) is 5.91 Å². The number of alkyl halides is 3. The van der Waals surface area contributed by atoms with Crippen molar-refractivity contribution in [2.75, 3.05) is 16.7 Å². The summed E-state index contributed by atoms with van der Waals surface area (Å²) < 4.78 is 74.5. The molecule has 198 valence electrons. The molecule has 2 N–H and O–H groups in total. The molecule has 0 unspecified atom stereocenters. The first-order valence-electron chi connectivity index (χ1n) is 10.9. The Morgan fingerprint density at radius 1 is 1.00 bits per heavy atom. The van der Waals surface area contributed by atoms with E-state index in [1.807, 2.05) is 36.2 Å². The highest BCUT2D eigenvalue weighted by Crippen LogP contribution is 2.30. The molecule has 1 heterocycles. The molecule has 0 bridgehead atoms. The van der Waals surface area contributed by atoms with Crippen molar-refractivity contribution in [2.45, 2.75) is 12.1 Å². The average Bonchev–Trinajstić information content (AvgIpc) is 3.19. The summed E-state index contributed by atoms with van der Waals surface area (Å²) >= 11 is 1.09. The van der Waals surface area contributed by atoms with Crippen molar-refractivity contribution >= 4 is 56.0 Å². The fourth-order valence-corrected chi connectivity index (χ4v) is 4.75. The first-order valence-corrected chi connectivity index (χ1v) is 13.2. The summed E-state index contributed by atoms with van der Waals surface area (Å²) in [6.07, 6.45) is 1.70. The van der Waals surface area contributed by atoms with Crippen molar-refractivity contribution < 1.29 is 30.8 Å². The van der Waals surface area contributed by atoms with E-state index in [4.69, 9.17) is 0 Å². The van der Waals surface area contributed by atoms with E-state index in [0.29, 0.717) is 17.1 Å². The lowest BCUT2D eigenvalue weighted by Gasteiger charge is -2.19. The monoisotopic (exact) mass is 564 g/mol. The maximum atomic E-state index is 13.1. The first kappa shape index (κ1) is 27.2. The maximum absolute atomic E-state index is 13.1. The highest BCUT2D eigenvalue weighted by atomic mass is 32.2. The molecule has 4 rings (SSSR count). The Morgan fingerprint density at radius 3 is 2.24 bits per heavy atom. The van der Waals surface area contributed by atoms with Gasteiger partial charge in [0, 0.05) is 25.0 Å². The molecule has 0 aliphatic carbocycles. The van der Waals surface area contributed by atoms with E-state index in [1.165, 1.54) is 29.0 Å². The van der Waals surface area contributed by atoms with E-state index >= 15 is 0 Å². The number of carbonyl (C=O) groups excluding carboxylic acids is 1. The van der Waals surface area contributed by atoms with Crippen LogP contribution in [0.5, 0.6) is 0 Å². The quantitative estimate of drug-likeness (QED) is 0.287. The summed E-state index contributed by atoms with van der Waals surface area (Å²) in [5.74, 6) is -0.655. The molecule has 1 aliphatic rings. The normalized spacial score (nSPS) is 16.1. The molecular formula is C25H20F4N4O3S2. The van der Waals surface area contributed by atoms with Crippen LogP contribution < -0.4 is 14.9 Å². The molecule has 0 aromatic heterocycles. The lowest BCUT2D eigenvalue weighted by Crippen LogP contribution is -2.29. The van der Waals surface area contributed by atoms with Crippen molar-refractivity contribution in [3.8, 4) is 0 Å². The van der Waals surface area contributed by atoms with Gasteiger partial charge < -0.3 is 10.2 Å². The van der Waals surface area contributed by atoms with Crippen LogP contribution in [0.2, 0.25) is 0 Å². The van der Waals surface area contributed by atoms with Crippen LogP contribution in [0, 0.1) is 5.82 Å². The molecule has 1 aliphatic heterocycles. The molecule has 13 heteroatoms. The van der Waals surface area contributed by atoms with Crippen LogP contribution in [0.3, 0.4) is 0 Å². The van der Waals surface area contributed by atoms with Crippen LogP contribution >= 0.6 is 11.8 Å². The minimum atomic E-state index is -5.52. The zero-order chi connectivity index (χ0) is 27.5. The van der Waals surface area contributed by atoms with Gasteiger partial charge in [-0.2, -0.15) is 21.6 Å². The van der Waals surface area contributed by atoms with Gasteiger partial charge in [-0.15, -0.1) is 0 Å². The third-order valence-electron chi connectivity index (χ3n) is 5.27. The Kier molecular flexibility index (Phi) is 7.78. The number of hydrogen-bond acceptors (Lipinski definition) is 6. The lowest BCUT2D eigenvalue weighted by atomic mass is 10.1. The van der Waals surface area contributed by atoms with Gasteiger partial charge >= 0.3 is 15.5 Å². The van der Waals surface area contributed by atoms with Crippen molar-refractivity contribution in [3.63, 3.8) is 0 Å². The Labute approximate surface area is 220 Å². The second-order valence-corrected chi connectivity index (χ2v) is 10.9. The van der Waals surface area contributed by atoms with Gasteiger partial charge in [0.05, 0.1) is 10.6 Å². The number of amidine groups is 1. The Hall–Kier alpha value is -3.84. The van der Waals surface area contributed by atoms with Gasteiger partial charge in [-0.3, -0.25) is 9.52 Å². The molecule has 3 aromatic rings. The van der Waals surface area contributed by atoms with Crippen molar-refractivity contribution in [1.82, 2.24) is 5.32 Å². The second kappa shape index (κ2) is 10.9. The summed E-state index contributed by atoms with van der Waals surface area (Å²) in [6, 6.07) is 18.7. The number of hydrogen-bond donors (Lipinski definition) is 2. The number of nitrogens with zero attached hydrogens (tertiary/aromatic N) is 2. The van der Waals surface area contributed by atoms with Gasteiger partial charge in [0.15, 0.2) is 5.17 Å². The summed E-state index contributed by atoms with van der Waals surface area (Å²) in [6.45, 7) is 0.602. The van der Waals surface area contributed by atoms with Crippen LogP contribution in [0.15, 0.2) is 82.7 Å². The smallest absolute Gasteiger partial charge is 0.370 e. The molecule has 7 nitrogen and oxygen atoms in total. The van der Waals surface area contributed by atoms with E-state index in [1.54, 1.807) is 18.2 Å². The number of benzene rings is 3. The second-order valence-electron chi connectivity index (χ2n) is 8.15. The molecule has 1 saturated heterocycles. The minimum absolute atomic E-state index is 0.266. The highest BCUT2D eigenvalue weighted by molar-refractivity contribution is 8.18. The molecule has 1 fully saturated rings. The van der Waals surface area contributed by atoms with Crippen LogP contribution in [0.4, 0.5) is 34.6 Å². The number of anilines is 2. The number of sulfonamides is 1. The number of halogens is 4. The fraction of sp³-hybridized carbons (Fsp3) is 0.120. The predicted molar refractivity (Wildman–Crippen MR) is 141 cm³/mol. The number of aliphatic imine (C=N–C) groups is 1. The van der Waals surface area contributed by atoms with Gasteiger partial charge in [-0.05, 0) is 77.5 Å². The number of carbonyl (C=O) groups is 1. The van der Waals surface area contributed by atoms with Crippen LogP contribution in [-0.2, 0) is 21.4 Å². The molecule has 0 spiro atoms. The zero-order valence-corrected chi connectivity index (χ0v) is 21.3. The van der Waals surface area contributed by atoms with E-state index < -0.39 is 15.5 Å². The molecule has 1 amide bonds. The van der Waals surface area contributed by atoms with Gasteiger partial charge in [-0.1, -0.05) is 24.3 Å². The van der Waals surface area contributed by atoms with Crippen LogP contribution in [-0.4, -0.2) is 32.0 Å². The Morgan fingerprint density at radius 2 is 1.63 bits per heavy atom.